The van der Waals surface area contributed by atoms with E-state index in [-0.39, 0.29) is 11.6 Å². The van der Waals surface area contributed by atoms with E-state index in [9.17, 15) is 13.2 Å². The first-order valence-electron chi connectivity index (χ1n) is 8.42. The van der Waals surface area contributed by atoms with Crippen LogP contribution in [-0.4, -0.2) is 46.6 Å². The molecule has 0 radical (unpaired) electrons. The maximum absolute atomic E-state index is 12.1. The van der Waals surface area contributed by atoms with Gasteiger partial charge in [0.2, 0.25) is 10.0 Å². The molecular formula is C18H21N3O4S. The van der Waals surface area contributed by atoms with Crippen LogP contribution in [0.3, 0.4) is 0 Å². The second-order valence-corrected chi connectivity index (χ2v) is 8.43. The van der Waals surface area contributed by atoms with Gasteiger partial charge in [0.05, 0.1) is 29.2 Å². The van der Waals surface area contributed by atoms with Gasteiger partial charge in [0.1, 0.15) is 5.82 Å². The Morgan fingerprint density at radius 3 is 2.50 bits per heavy atom. The number of carboxylic acids is 1. The molecule has 1 atom stereocenters. The molecule has 2 heterocycles. The second kappa shape index (κ2) is 7.13. The fourth-order valence-corrected chi connectivity index (χ4v) is 4.43. The molecular weight excluding hydrogens is 354 g/mol. The molecule has 1 unspecified atom stereocenters. The van der Waals surface area contributed by atoms with Crippen LogP contribution in [-0.2, 0) is 10.0 Å². The van der Waals surface area contributed by atoms with Crippen molar-refractivity contribution in [2.24, 2.45) is 0 Å². The van der Waals surface area contributed by atoms with Crippen LogP contribution in [0, 0.1) is 6.92 Å². The van der Waals surface area contributed by atoms with Crippen molar-refractivity contribution in [1.82, 2.24) is 14.3 Å². The fourth-order valence-electron chi connectivity index (χ4n) is 3.29. The second-order valence-electron chi connectivity index (χ2n) is 6.49. The first kappa shape index (κ1) is 18.5. The normalized spacial score (nSPS) is 18.6. The maximum Gasteiger partial charge on any atom is 0.335 e. The van der Waals surface area contributed by atoms with Crippen LogP contribution < -0.4 is 0 Å². The number of hydrogen-bond acceptors (Lipinski definition) is 5. The van der Waals surface area contributed by atoms with E-state index in [2.05, 4.69) is 9.97 Å². The van der Waals surface area contributed by atoms with Crippen molar-refractivity contribution in [3.63, 3.8) is 0 Å². The number of nitrogens with zero attached hydrogens (tertiary/aromatic N) is 3. The molecule has 3 rings (SSSR count). The number of carbonyl (C=O) groups is 1. The highest BCUT2D eigenvalue weighted by Crippen LogP contribution is 2.33. The predicted molar refractivity (Wildman–Crippen MR) is 97.3 cm³/mol. The molecule has 7 nitrogen and oxygen atoms in total. The van der Waals surface area contributed by atoms with Gasteiger partial charge in [-0.3, -0.25) is 0 Å². The first-order chi connectivity index (χ1) is 12.3. The Morgan fingerprint density at radius 2 is 1.88 bits per heavy atom. The molecule has 0 saturated carbocycles. The van der Waals surface area contributed by atoms with Crippen LogP contribution in [0.1, 0.15) is 47.2 Å². The zero-order valence-electron chi connectivity index (χ0n) is 14.7. The lowest BCUT2D eigenvalue weighted by Gasteiger charge is -2.33. The topological polar surface area (TPSA) is 100 Å². The van der Waals surface area contributed by atoms with Gasteiger partial charge in [-0.25, -0.2) is 23.2 Å². The number of rotatable bonds is 4. The number of hydrogen-bond donors (Lipinski definition) is 1. The van der Waals surface area contributed by atoms with Crippen LogP contribution in [0.2, 0.25) is 0 Å². The number of carboxylic acid groups (broad SMARTS) is 1. The Kier molecular flexibility index (Phi) is 5.06. The molecule has 2 aromatic rings. The van der Waals surface area contributed by atoms with Gasteiger partial charge in [0.25, 0.3) is 0 Å². The molecule has 1 N–H and O–H groups in total. The van der Waals surface area contributed by atoms with E-state index in [1.165, 1.54) is 22.7 Å². The van der Waals surface area contributed by atoms with Crippen molar-refractivity contribution < 1.29 is 18.3 Å². The minimum atomic E-state index is -3.32. The summed E-state index contributed by atoms with van der Waals surface area (Å²) in [5.41, 5.74) is 2.31. The molecule has 26 heavy (non-hydrogen) atoms. The van der Waals surface area contributed by atoms with Crippen molar-refractivity contribution in [3.05, 3.63) is 47.4 Å². The molecule has 8 heteroatoms. The Labute approximate surface area is 152 Å². The third-order valence-corrected chi connectivity index (χ3v) is 5.80. The van der Waals surface area contributed by atoms with Gasteiger partial charge in [-0.15, -0.1) is 0 Å². The third kappa shape index (κ3) is 3.91. The summed E-state index contributed by atoms with van der Waals surface area (Å²) in [5.74, 6) is -0.430. The molecule has 0 aliphatic carbocycles. The highest BCUT2D eigenvalue weighted by atomic mass is 32.2. The predicted octanol–water partition coefficient (Wildman–Crippen LogP) is 2.64. The highest BCUT2D eigenvalue weighted by molar-refractivity contribution is 7.88. The maximum atomic E-state index is 12.1. The summed E-state index contributed by atoms with van der Waals surface area (Å²) >= 11 is 0. The number of benzene rings is 1. The Bertz CT molecular complexity index is 926. The average molecular weight is 375 g/mol. The average Bonchev–Trinajstić information content (AvgIpc) is 2.60. The molecule has 0 bridgehead atoms. The number of aromatic nitrogens is 2. The molecule has 0 spiro atoms. The van der Waals surface area contributed by atoms with Gasteiger partial charge >= 0.3 is 5.97 Å². The Balaban J connectivity index is 2.00. The summed E-state index contributed by atoms with van der Waals surface area (Å²) in [6.45, 7) is 2.27. The minimum absolute atomic E-state index is 0.204. The van der Waals surface area contributed by atoms with Crippen molar-refractivity contribution in [3.8, 4) is 11.3 Å². The molecule has 1 aromatic heterocycles. The van der Waals surface area contributed by atoms with Crippen molar-refractivity contribution in [2.75, 3.05) is 12.8 Å². The van der Waals surface area contributed by atoms with E-state index in [1.807, 2.05) is 0 Å². The molecule has 1 fully saturated rings. The number of sulfonamides is 1. The highest BCUT2D eigenvalue weighted by Gasteiger charge is 2.31. The van der Waals surface area contributed by atoms with Crippen LogP contribution in [0.15, 0.2) is 30.3 Å². The zero-order chi connectivity index (χ0) is 18.9. The molecule has 1 saturated heterocycles. The molecule has 1 aromatic carbocycles. The van der Waals surface area contributed by atoms with Crippen molar-refractivity contribution >= 4 is 16.0 Å². The molecule has 0 amide bonds. The van der Waals surface area contributed by atoms with Gasteiger partial charge in [-0.05, 0) is 38.0 Å². The van der Waals surface area contributed by atoms with Crippen LogP contribution in [0.4, 0.5) is 0 Å². The summed E-state index contributed by atoms with van der Waals surface area (Å²) in [5, 5.41) is 9.02. The van der Waals surface area contributed by atoms with E-state index in [1.54, 1.807) is 25.1 Å². The van der Waals surface area contributed by atoms with E-state index in [0.717, 1.165) is 24.8 Å². The lowest BCUT2D eigenvalue weighted by atomic mass is 10.00. The summed E-state index contributed by atoms with van der Waals surface area (Å²) in [7, 11) is -3.32. The van der Waals surface area contributed by atoms with Gasteiger partial charge in [0.15, 0.2) is 0 Å². The summed E-state index contributed by atoms with van der Waals surface area (Å²) in [6, 6.07) is 7.96. The van der Waals surface area contributed by atoms with Gasteiger partial charge < -0.3 is 5.11 Å². The lowest BCUT2D eigenvalue weighted by molar-refractivity contribution is 0.0697. The smallest absolute Gasteiger partial charge is 0.335 e. The van der Waals surface area contributed by atoms with E-state index in [0.29, 0.717) is 23.8 Å². The molecule has 138 valence electrons. The van der Waals surface area contributed by atoms with Crippen LogP contribution >= 0.6 is 0 Å². The van der Waals surface area contributed by atoms with E-state index >= 15 is 0 Å². The Hall–Kier alpha value is -2.32. The van der Waals surface area contributed by atoms with E-state index < -0.39 is 16.0 Å². The Morgan fingerprint density at radius 1 is 1.19 bits per heavy atom. The monoisotopic (exact) mass is 375 g/mol. The summed E-state index contributed by atoms with van der Waals surface area (Å²) in [6.07, 6.45) is 3.74. The van der Waals surface area contributed by atoms with Crippen molar-refractivity contribution in [1.29, 1.82) is 0 Å². The van der Waals surface area contributed by atoms with Gasteiger partial charge in [0, 0.05) is 12.1 Å². The third-order valence-electron chi connectivity index (χ3n) is 4.51. The number of piperidine rings is 1. The fraction of sp³-hybridized carbons (Fsp3) is 0.389. The van der Waals surface area contributed by atoms with Gasteiger partial charge in [-0.2, -0.15) is 4.31 Å². The lowest BCUT2D eigenvalue weighted by Crippen LogP contribution is -2.38. The van der Waals surface area contributed by atoms with Crippen molar-refractivity contribution in [2.45, 2.75) is 32.2 Å². The van der Waals surface area contributed by atoms with Gasteiger partial charge in [-0.1, -0.05) is 18.6 Å². The summed E-state index contributed by atoms with van der Waals surface area (Å²) in [4.78, 5) is 19.9. The number of aromatic carboxylic acids is 1. The SMILES string of the molecule is Cc1nc(-c2ccc(C(=O)O)cc2)cc(C2CCCCN2S(C)(=O)=O)n1. The molecule has 1 aliphatic heterocycles. The van der Waals surface area contributed by atoms with Crippen LogP contribution in [0.25, 0.3) is 11.3 Å². The minimum Gasteiger partial charge on any atom is -0.478 e. The number of aryl methyl sites for hydroxylation is 1. The largest absolute Gasteiger partial charge is 0.478 e. The molecule has 1 aliphatic rings. The van der Waals surface area contributed by atoms with Crippen LogP contribution in [0.5, 0.6) is 0 Å². The quantitative estimate of drug-likeness (QED) is 0.882. The summed E-state index contributed by atoms with van der Waals surface area (Å²) < 4.78 is 25.8. The van der Waals surface area contributed by atoms with E-state index in [4.69, 9.17) is 5.11 Å². The zero-order valence-corrected chi connectivity index (χ0v) is 15.5. The first-order valence-corrected chi connectivity index (χ1v) is 10.3. The standard InChI is InChI=1S/C18H21N3O4S/c1-12-19-15(13-6-8-14(9-7-13)18(22)23)11-16(20-12)17-5-3-4-10-21(17)26(2,24)25/h6-9,11,17H,3-5,10H2,1-2H3,(H,22,23).